The van der Waals surface area contributed by atoms with Crippen molar-refractivity contribution in [1.29, 1.82) is 0 Å². The van der Waals surface area contributed by atoms with E-state index in [1.165, 1.54) is 12.4 Å². The Balaban J connectivity index is 2.11. The molecule has 0 saturated heterocycles. The Morgan fingerprint density at radius 1 is 1.26 bits per heavy atom. The first-order valence-corrected chi connectivity index (χ1v) is 6.29. The van der Waals surface area contributed by atoms with Crippen molar-refractivity contribution in [2.24, 2.45) is 0 Å². The molecule has 4 nitrogen and oxygen atoms in total. The number of carbonyl (C=O) groups is 1. The molecule has 1 atom stereocenters. The van der Waals surface area contributed by atoms with Gasteiger partial charge in [-0.15, -0.1) is 0 Å². The highest BCUT2D eigenvalue weighted by molar-refractivity contribution is 6.29. The van der Waals surface area contributed by atoms with Crippen LogP contribution in [-0.4, -0.2) is 15.9 Å². The third kappa shape index (κ3) is 3.29. The lowest BCUT2D eigenvalue weighted by Gasteiger charge is -2.16. The first kappa shape index (κ1) is 13.5. The van der Waals surface area contributed by atoms with Crippen LogP contribution in [0.3, 0.4) is 0 Å². The monoisotopic (exact) mass is 275 g/mol. The van der Waals surface area contributed by atoms with Crippen LogP contribution in [0, 0.1) is 6.92 Å². The zero-order chi connectivity index (χ0) is 13.8. The van der Waals surface area contributed by atoms with Gasteiger partial charge in [-0.25, -0.2) is 9.97 Å². The van der Waals surface area contributed by atoms with Gasteiger partial charge in [-0.1, -0.05) is 35.9 Å². The van der Waals surface area contributed by atoms with Crippen molar-refractivity contribution in [3.8, 4) is 0 Å². The molecule has 0 fully saturated rings. The molecule has 0 spiro atoms. The van der Waals surface area contributed by atoms with E-state index in [9.17, 15) is 4.79 Å². The van der Waals surface area contributed by atoms with Crippen molar-refractivity contribution in [3.63, 3.8) is 0 Å². The summed E-state index contributed by atoms with van der Waals surface area (Å²) in [6.45, 7) is 3.95. The summed E-state index contributed by atoms with van der Waals surface area (Å²) in [5, 5.41) is 3.16. The Hall–Kier alpha value is -1.94. The van der Waals surface area contributed by atoms with E-state index in [2.05, 4.69) is 15.3 Å². The summed E-state index contributed by atoms with van der Waals surface area (Å²) in [6, 6.07) is 7.84. The zero-order valence-electron chi connectivity index (χ0n) is 10.7. The van der Waals surface area contributed by atoms with E-state index in [0.29, 0.717) is 0 Å². The largest absolute Gasteiger partial charge is 0.344 e. The molecule has 0 aliphatic rings. The van der Waals surface area contributed by atoms with Gasteiger partial charge in [0.25, 0.3) is 5.91 Å². The number of aromatic nitrogens is 2. The highest BCUT2D eigenvalue weighted by Gasteiger charge is 2.14. The summed E-state index contributed by atoms with van der Waals surface area (Å²) in [7, 11) is 0. The van der Waals surface area contributed by atoms with Crippen LogP contribution >= 0.6 is 11.6 Å². The van der Waals surface area contributed by atoms with E-state index in [0.717, 1.165) is 11.1 Å². The molecule has 19 heavy (non-hydrogen) atoms. The molecule has 98 valence electrons. The second-order valence-corrected chi connectivity index (χ2v) is 4.66. The topological polar surface area (TPSA) is 54.9 Å². The summed E-state index contributed by atoms with van der Waals surface area (Å²) >= 11 is 5.63. The molecule has 1 aromatic heterocycles. The number of halogens is 1. The lowest BCUT2D eigenvalue weighted by Crippen LogP contribution is -2.27. The molecule has 5 heteroatoms. The maximum atomic E-state index is 12.0. The number of carbonyl (C=O) groups excluding carboxylic acids is 1. The van der Waals surface area contributed by atoms with Gasteiger partial charge in [-0.3, -0.25) is 4.79 Å². The summed E-state index contributed by atoms with van der Waals surface area (Å²) in [5.41, 5.74) is 2.47. The Bertz CT molecular complexity index is 583. The molecular weight excluding hydrogens is 262 g/mol. The Kier molecular flexibility index (Phi) is 4.12. The van der Waals surface area contributed by atoms with Crippen molar-refractivity contribution in [1.82, 2.24) is 15.3 Å². The molecular formula is C14H14ClN3O. The van der Waals surface area contributed by atoms with E-state index in [-0.39, 0.29) is 22.8 Å². The van der Waals surface area contributed by atoms with Crippen LogP contribution in [0.25, 0.3) is 0 Å². The van der Waals surface area contributed by atoms with Crippen LogP contribution in [0.1, 0.15) is 34.6 Å². The third-order valence-electron chi connectivity index (χ3n) is 2.86. The number of nitrogens with one attached hydrogen (secondary N) is 1. The first-order chi connectivity index (χ1) is 9.08. The standard InChI is InChI=1S/C14H14ClN3O/c1-9-5-3-4-6-11(9)10(2)18-14(19)12-7-17-13(15)8-16-12/h3-8,10H,1-2H3,(H,18,19). The van der Waals surface area contributed by atoms with Crippen molar-refractivity contribution in [2.75, 3.05) is 0 Å². The molecule has 0 aliphatic carbocycles. The lowest BCUT2D eigenvalue weighted by molar-refractivity contribution is 0.0934. The fourth-order valence-corrected chi connectivity index (χ4v) is 1.95. The second-order valence-electron chi connectivity index (χ2n) is 4.28. The quantitative estimate of drug-likeness (QED) is 0.937. The van der Waals surface area contributed by atoms with Gasteiger partial charge in [-0.2, -0.15) is 0 Å². The summed E-state index contributed by atoms with van der Waals surface area (Å²) < 4.78 is 0. The number of hydrogen-bond donors (Lipinski definition) is 1. The number of rotatable bonds is 3. The molecule has 1 aromatic carbocycles. The molecule has 1 unspecified atom stereocenters. The van der Waals surface area contributed by atoms with E-state index < -0.39 is 0 Å². The summed E-state index contributed by atoms with van der Waals surface area (Å²) in [4.78, 5) is 19.8. The van der Waals surface area contributed by atoms with Gasteiger partial charge in [0.05, 0.1) is 18.4 Å². The molecule has 0 aliphatic heterocycles. The molecule has 0 saturated carbocycles. The van der Waals surface area contributed by atoms with Gasteiger partial charge < -0.3 is 5.32 Å². The van der Waals surface area contributed by atoms with Gasteiger partial charge in [-0.05, 0) is 25.0 Å². The van der Waals surface area contributed by atoms with Gasteiger partial charge in [0.2, 0.25) is 0 Å². The van der Waals surface area contributed by atoms with E-state index in [1.54, 1.807) is 0 Å². The van der Waals surface area contributed by atoms with E-state index in [4.69, 9.17) is 11.6 Å². The van der Waals surface area contributed by atoms with Crippen LogP contribution in [0.5, 0.6) is 0 Å². The first-order valence-electron chi connectivity index (χ1n) is 5.92. The SMILES string of the molecule is Cc1ccccc1C(C)NC(=O)c1cnc(Cl)cn1. The van der Waals surface area contributed by atoms with Crippen LogP contribution in [0.4, 0.5) is 0 Å². The van der Waals surface area contributed by atoms with Crippen LogP contribution in [-0.2, 0) is 0 Å². The normalized spacial score (nSPS) is 11.9. The summed E-state index contributed by atoms with van der Waals surface area (Å²) in [5.74, 6) is -0.264. The van der Waals surface area contributed by atoms with Gasteiger partial charge >= 0.3 is 0 Å². The predicted octanol–water partition coefficient (Wildman–Crippen LogP) is 2.93. The van der Waals surface area contributed by atoms with Crippen molar-refractivity contribution < 1.29 is 4.79 Å². The molecule has 2 aromatic rings. The van der Waals surface area contributed by atoms with Crippen molar-refractivity contribution >= 4 is 17.5 Å². The smallest absolute Gasteiger partial charge is 0.271 e. The predicted molar refractivity (Wildman–Crippen MR) is 74.1 cm³/mol. The molecule has 0 radical (unpaired) electrons. The average molecular weight is 276 g/mol. The Morgan fingerprint density at radius 3 is 2.63 bits per heavy atom. The molecule has 2 rings (SSSR count). The van der Waals surface area contributed by atoms with Gasteiger partial charge in [0.15, 0.2) is 0 Å². The second kappa shape index (κ2) is 5.80. The van der Waals surface area contributed by atoms with Gasteiger partial charge in [0.1, 0.15) is 10.8 Å². The van der Waals surface area contributed by atoms with E-state index >= 15 is 0 Å². The fourth-order valence-electron chi connectivity index (χ4n) is 1.85. The van der Waals surface area contributed by atoms with Crippen LogP contribution in [0.2, 0.25) is 5.15 Å². The van der Waals surface area contributed by atoms with E-state index in [1.807, 2.05) is 38.1 Å². The number of nitrogens with zero attached hydrogens (tertiary/aromatic N) is 2. The minimum atomic E-state index is -0.264. The lowest BCUT2D eigenvalue weighted by atomic mass is 10.0. The summed E-state index contributed by atoms with van der Waals surface area (Å²) in [6.07, 6.45) is 2.72. The molecule has 1 heterocycles. The highest BCUT2D eigenvalue weighted by atomic mass is 35.5. The zero-order valence-corrected chi connectivity index (χ0v) is 11.5. The van der Waals surface area contributed by atoms with Crippen LogP contribution < -0.4 is 5.32 Å². The average Bonchev–Trinajstić information content (AvgIpc) is 2.39. The number of hydrogen-bond acceptors (Lipinski definition) is 3. The highest BCUT2D eigenvalue weighted by Crippen LogP contribution is 2.17. The Morgan fingerprint density at radius 2 is 2.00 bits per heavy atom. The molecule has 1 amide bonds. The maximum absolute atomic E-state index is 12.0. The minimum absolute atomic E-state index is 0.0915. The van der Waals surface area contributed by atoms with Crippen LogP contribution in [0.15, 0.2) is 36.7 Å². The maximum Gasteiger partial charge on any atom is 0.271 e. The fraction of sp³-hybridized carbons (Fsp3) is 0.214. The number of benzene rings is 1. The van der Waals surface area contributed by atoms with Crippen molar-refractivity contribution in [2.45, 2.75) is 19.9 Å². The van der Waals surface area contributed by atoms with Gasteiger partial charge in [0, 0.05) is 0 Å². The third-order valence-corrected chi connectivity index (χ3v) is 3.05. The molecule has 0 bridgehead atoms. The van der Waals surface area contributed by atoms with Crippen molar-refractivity contribution in [3.05, 3.63) is 58.6 Å². The molecule has 1 N–H and O–H groups in total. The number of amides is 1. The number of aryl methyl sites for hydroxylation is 1. The minimum Gasteiger partial charge on any atom is -0.344 e. The Labute approximate surface area is 116 Å².